The van der Waals surface area contributed by atoms with Gasteiger partial charge in [-0.1, -0.05) is 24.6 Å². The number of likely N-dealkylation sites (N-methyl/N-ethyl adjacent to an activating group) is 1. The molecule has 4 rings (SSSR count). The lowest BCUT2D eigenvalue weighted by Crippen LogP contribution is -2.40. The number of halogens is 1. The van der Waals surface area contributed by atoms with E-state index in [2.05, 4.69) is 59.3 Å². The SMILES string of the molecule is CN(C)c1ccc(/C=C/c2cc3ccc(OCC4CCCCN4C)cc3o2)cc1.Cl. The highest BCUT2D eigenvalue weighted by atomic mass is 35.5. The number of hydrogen-bond acceptors (Lipinski definition) is 4. The van der Waals surface area contributed by atoms with Gasteiger partial charge in [-0.3, -0.25) is 0 Å². The molecule has 5 heteroatoms. The number of ether oxygens (including phenoxy) is 1. The third kappa shape index (κ3) is 5.38. The number of rotatable bonds is 6. The molecule has 0 radical (unpaired) electrons. The summed E-state index contributed by atoms with van der Waals surface area (Å²) in [4.78, 5) is 4.50. The van der Waals surface area contributed by atoms with Gasteiger partial charge in [-0.05, 0) is 68.4 Å². The topological polar surface area (TPSA) is 28.9 Å². The first-order valence-corrected chi connectivity index (χ1v) is 10.4. The molecule has 2 aromatic carbocycles. The second kappa shape index (κ2) is 10.1. The highest BCUT2D eigenvalue weighted by Gasteiger charge is 2.19. The van der Waals surface area contributed by atoms with E-state index in [1.165, 1.54) is 31.5 Å². The fourth-order valence-corrected chi connectivity index (χ4v) is 3.81. The van der Waals surface area contributed by atoms with Crippen LogP contribution in [0.5, 0.6) is 5.75 Å². The van der Waals surface area contributed by atoms with Crippen molar-refractivity contribution in [2.75, 3.05) is 39.2 Å². The summed E-state index contributed by atoms with van der Waals surface area (Å²) in [6.45, 7) is 1.90. The van der Waals surface area contributed by atoms with Crippen LogP contribution in [0.25, 0.3) is 23.1 Å². The molecule has 0 saturated carbocycles. The van der Waals surface area contributed by atoms with Gasteiger partial charge in [0.25, 0.3) is 0 Å². The fourth-order valence-electron chi connectivity index (χ4n) is 3.81. The van der Waals surface area contributed by atoms with Gasteiger partial charge in [0.15, 0.2) is 0 Å². The van der Waals surface area contributed by atoms with Gasteiger partial charge in [0.05, 0.1) is 0 Å². The van der Waals surface area contributed by atoms with Crippen molar-refractivity contribution >= 4 is 41.2 Å². The van der Waals surface area contributed by atoms with Gasteiger partial charge in [-0.25, -0.2) is 0 Å². The molecule has 4 nitrogen and oxygen atoms in total. The quantitative estimate of drug-likeness (QED) is 0.486. The lowest BCUT2D eigenvalue weighted by Gasteiger charge is -2.32. The van der Waals surface area contributed by atoms with Crippen LogP contribution in [0.4, 0.5) is 5.69 Å². The molecule has 0 amide bonds. The molecule has 2 heterocycles. The van der Waals surface area contributed by atoms with Crippen LogP contribution in [-0.4, -0.2) is 45.2 Å². The molecule has 0 bridgehead atoms. The Morgan fingerprint density at radius 2 is 1.87 bits per heavy atom. The summed E-state index contributed by atoms with van der Waals surface area (Å²) in [5, 5.41) is 1.09. The standard InChI is InChI=1S/C25H30N2O2.ClH/c1-26(2)21-11-7-19(8-12-21)9-13-24-16-20-10-14-23(17-25(20)29-24)28-18-22-6-4-5-15-27(22)3;/h7-14,16-17,22H,4-6,15,18H2,1-3H3;1H/b13-9+;. The van der Waals surface area contributed by atoms with E-state index in [-0.39, 0.29) is 12.4 Å². The summed E-state index contributed by atoms with van der Waals surface area (Å²) in [5.74, 6) is 1.72. The predicted molar refractivity (Wildman–Crippen MR) is 129 cm³/mol. The van der Waals surface area contributed by atoms with Crippen LogP contribution in [-0.2, 0) is 0 Å². The zero-order valence-corrected chi connectivity index (χ0v) is 18.8. The lowest BCUT2D eigenvalue weighted by molar-refractivity contribution is 0.125. The van der Waals surface area contributed by atoms with Crippen LogP contribution in [0.3, 0.4) is 0 Å². The summed E-state index contributed by atoms with van der Waals surface area (Å²) in [7, 11) is 6.28. The van der Waals surface area contributed by atoms with E-state index < -0.39 is 0 Å². The maximum atomic E-state index is 6.07. The van der Waals surface area contributed by atoms with E-state index in [0.717, 1.165) is 34.6 Å². The van der Waals surface area contributed by atoms with E-state index in [4.69, 9.17) is 9.15 Å². The maximum Gasteiger partial charge on any atom is 0.138 e. The summed E-state index contributed by atoms with van der Waals surface area (Å²) in [5.41, 5.74) is 3.21. The number of hydrogen-bond donors (Lipinski definition) is 0. The molecular weight excluding hydrogens is 396 g/mol. The van der Waals surface area contributed by atoms with Crippen LogP contribution in [0.2, 0.25) is 0 Å². The molecule has 1 unspecified atom stereocenters. The number of likely N-dealkylation sites (tertiary alicyclic amines) is 1. The highest BCUT2D eigenvalue weighted by molar-refractivity contribution is 5.85. The van der Waals surface area contributed by atoms with E-state index in [0.29, 0.717) is 6.04 Å². The number of benzene rings is 2. The van der Waals surface area contributed by atoms with Gasteiger partial charge < -0.3 is 19.0 Å². The van der Waals surface area contributed by atoms with Crippen molar-refractivity contribution in [3.63, 3.8) is 0 Å². The third-order valence-electron chi connectivity index (χ3n) is 5.72. The minimum absolute atomic E-state index is 0. The summed E-state index contributed by atoms with van der Waals surface area (Å²) in [6.07, 6.45) is 7.89. The average molecular weight is 427 g/mol. The molecule has 1 fully saturated rings. The Morgan fingerprint density at radius 3 is 2.60 bits per heavy atom. The van der Waals surface area contributed by atoms with Crippen molar-refractivity contribution in [2.45, 2.75) is 25.3 Å². The van der Waals surface area contributed by atoms with Gasteiger partial charge in [0, 0.05) is 37.3 Å². The van der Waals surface area contributed by atoms with Gasteiger partial charge in [0.1, 0.15) is 23.7 Å². The molecule has 160 valence electrons. The molecule has 1 aliphatic rings. The molecule has 3 aromatic rings. The van der Waals surface area contributed by atoms with Crippen molar-refractivity contribution in [3.05, 3.63) is 59.9 Å². The van der Waals surface area contributed by atoms with Gasteiger partial charge in [-0.15, -0.1) is 12.4 Å². The first-order valence-electron chi connectivity index (χ1n) is 10.4. The Bertz CT molecular complexity index is 978. The molecule has 0 spiro atoms. The van der Waals surface area contributed by atoms with Crippen LogP contribution in [0.1, 0.15) is 30.6 Å². The first-order chi connectivity index (χ1) is 14.1. The lowest BCUT2D eigenvalue weighted by atomic mass is 10.0. The van der Waals surface area contributed by atoms with Crippen molar-refractivity contribution in [3.8, 4) is 5.75 Å². The van der Waals surface area contributed by atoms with Crippen molar-refractivity contribution in [1.82, 2.24) is 4.90 Å². The summed E-state index contributed by atoms with van der Waals surface area (Å²) in [6, 6.07) is 17.1. The van der Waals surface area contributed by atoms with E-state index in [9.17, 15) is 0 Å². The highest BCUT2D eigenvalue weighted by Crippen LogP contribution is 2.26. The van der Waals surface area contributed by atoms with Crippen LogP contribution in [0, 0.1) is 0 Å². The van der Waals surface area contributed by atoms with Crippen molar-refractivity contribution in [1.29, 1.82) is 0 Å². The van der Waals surface area contributed by atoms with Crippen molar-refractivity contribution < 1.29 is 9.15 Å². The number of nitrogens with zero attached hydrogens (tertiary/aromatic N) is 2. The second-order valence-electron chi connectivity index (χ2n) is 8.11. The van der Waals surface area contributed by atoms with Gasteiger partial charge in [0.2, 0.25) is 0 Å². The van der Waals surface area contributed by atoms with E-state index in [1.54, 1.807) is 0 Å². The Labute approximate surface area is 185 Å². The minimum Gasteiger partial charge on any atom is -0.492 e. The monoisotopic (exact) mass is 426 g/mol. The number of fused-ring (bicyclic) bond motifs is 1. The third-order valence-corrected chi connectivity index (χ3v) is 5.72. The van der Waals surface area contributed by atoms with E-state index in [1.807, 2.05) is 32.3 Å². The molecule has 0 aliphatic carbocycles. The molecular formula is C25H31ClN2O2. The minimum atomic E-state index is 0. The van der Waals surface area contributed by atoms with Gasteiger partial charge >= 0.3 is 0 Å². The van der Waals surface area contributed by atoms with Crippen LogP contribution >= 0.6 is 12.4 Å². The molecule has 30 heavy (non-hydrogen) atoms. The maximum absolute atomic E-state index is 6.07. The Kier molecular flexibility index (Phi) is 7.46. The van der Waals surface area contributed by atoms with Gasteiger partial charge in [-0.2, -0.15) is 0 Å². The predicted octanol–water partition coefficient (Wildman–Crippen LogP) is 5.95. The molecule has 0 N–H and O–H groups in total. The molecule has 1 atom stereocenters. The first kappa shape index (κ1) is 22.3. The van der Waals surface area contributed by atoms with Crippen LogP contribution < -0.4 is 9.64 Å². The molecule has 1 aliphatic heterocycles. The summed E-state index contributed by atoms with van der Waals surface area (Å²) >= 11 is 0. The number of piperidine rings is 1. The number of furan rings is 1. The Balaban J connectivity index is 0.00000256. The molecule has 1 saturated heterocycles. The molecule has 1 aromatic heterocycles. The number of anilines is 1. The fraction of sp³-hybridized carbons (Fsp3) is 0.360. The largest absolute Gasteiger partial charge is 0.492 e. The zero-order chi connectivity index (χ0) is 20.2. The van der Waals surface area contributed by atoms with E-state index >= 15 is 0 Å². The Morgan fingerprint density at radius 1 is 1.07 bits per heavy atom. The Hall–Kier alpha value is -2.43. The van der Waals surface area contributed by atoms with Crippen LogP contribution in [0.15, 0.2) is 52.9 Å². The normalized spacial score (nSPS) is 17.2. The average Bonchev–Trinajstić information content (AvgIpc) is 3.14. The zero-order valence-electron chi connectivity index (χ0n) is 18.0. The second-order valence-corrected chi connectivity index (χ2v) is 8.11. The summed E-state index contributed by atoms with van der Waals surface area (Å²) < 4.78 is 12.1. The van der Waals surface area contributed by atoms with Crippen molar-refractivity contribution in [2.24, 2.45) is 0 Å². The smallest absolute Gasteiger partial charge is 0.138 e.